The summed E-state index contributed by atoms with van der Waals surface area (Å²) in [6.07, 6.45) is 3.45. The van der Waals surface area contributed by atoms with Crippen LogP contribution in [0.2, 0.25) is 10.0 Å². The number of para-hydroxylation sites is 1. The summed E-state index contributed by atoms with van der Waals surface area (Å²) in [6, 6.07) is 10.5. The van der Waals surface area contributed by atoms with Crippen molar-refractivity contribution in [3.05, 3.63) is 70.0 Å². The molecule has 1 atom stereocenters. The summed E-state index contributed by atoms with van der Waals surface area (Å²) >= 11 is 12.4. The van der Waals surface area contributed by atoms with Crippen LogP contribution in [-0.4, -0.2) is 29.3 Å². The third-order valence-electron chi connectivity index (χ3n) is 5.12. The van der Waals surface area contributed by atoms with E-state index in [2.05, 4.69) is 9.82 Å². The monoisotopic (exact) mass is 495 g/mol. The van der Waals surface area contributed by atoms with E-state index in [-0.39, 0.29) is 22.2 Å². The van der Waals surface area contributed by atoms with Gasteiger partial charge in [-0.05, 0) is 49.6 Å². The Morgan fingerprint density at radius 1 is 1.19 bits per heavy atom. The predicted octanol–water partition coefficient (Wildman–Crippen LogP) is 4.42. The van der Waals surface area contributed by atoms with Gasteiger partial charge in [0.1, 0.15) is 18.0 Å². The van der Waals surface area contributed by atoms with E-state index < -0.39 is 22.0 Å². The topological polar surface area (TPSA) is 111 Å². The fraction of sp³-hybridized carbons (Fsp3) is 0.238. The number of aliphatic carboxylic acids is 1. The normalized spacial score (nSPS) is 15.9. The molecule has 1 aliphatic carbocycles. The maximum Gasteiger partial charge on any atom is 0.325 e. The molecule has 1 aromatic heterocycles. The van der Waals surface area contributed by atoms with Gasteiger partial charge in [-0.2, -0.15) is 5.10 Å². The fourth-order valence-corrected chi connectivity index (χ4v) is 5.37. The highest BCUT2D eigenvalue weighted by atomic mass is 35.5. The highest BCUT2D eigenvalue weighted by molar-refractivity contribution is 7.89. The maximum absolute atomic E-state index is 13.0. The maximum atomic E-state index is 13.0. The zero-order chi connectivity index (χ0) is 22.9. The molecule has 0 amide bonds. The van der Waals surface area contributed by atoms with Crippen molar-refractivity contribution in [3.8, 4) is 11.5 Å². The molecular formula is C21H19Cl2N3O5S. The molecule has 0 aliphatic heterocycles. The molecule has 0 fully saturated rings. The molecule has 11 heteroatoms. The zero-order valence-corrected chi connectivity index (χ0v) is 19.0. The summed E-state index contributed by atoms with van der Waals surface area (Å²) in [5.74, 6) is -0.334. The molecule has 168 valence electrons. The first-order valence-corrected chi connectivity index (χ1v) is 12.0. The third kappa shape index (κ3) is 4.75. The largest absolute Gasteiger partial charge is 0.480 e. The number of carboxylic acids is 1. The second-order valence-corrected chi connectivity index (χ2v) is 9.82. The Morgan fingerprint density at radius 2 is 1.94 bits per heavy atom. The first kappa shape index (κ1) is 22.6. The Balaban J connectivity index is 1.55. The number of hydrogen-bond acceptors (Lipinski definition) is 5. The van der Waals surface area contributed by atoms with Crippen LogP contribution in [-0.2, 0) is 27.8 Å². The lowest BCUT2D eigenvalue weighted by molar-refractivity contribution is -0.137. The van der Waals surface area contributed by atoms with E-state index in [1.165, 1.54) is 29.1 Å². The van der Waals surface area contributed by atoms with Gasteiger partial charge in [0.05, 0.1) is 27.2 Å². The lowest BCUT2D eigenvalue weighted by Crippen LogP contribution is -2.31. The van der Waals surface area contributed by atoms with Crippen molar-refractivity contribution in [1.82, 2.24) is 14.5 Å². The summed E-state index contributed by atoms with van der Waals surface area (Å²) in [6.45, 7) is -0.267. The number of carboxylic acid groups (broad SMARTS) is 1. The van der Waals surface area contributed by atoms with Crippen LogP contribution < -0.4 is 9.46 Å². The van der Waals surface area contributed by atoms with E-state index in [1.54, 1.807) is 24.3 Å². The lowest BCUT2D eigenvalue weighted by Gasteiger charge is -2.24. The van der Waals surface area contributed by atoms with Crippen molar-refractivity contribution >= 4 is 39.2 Å². The molecule has 32 heavy (non-hydrogen) atoms. The average Bonchev–Trinajstić information content (AvgIpc) is 3.14. The number of rotatable bonds is 7. The minimum absolute atomic E-state index is 0.0148. The number of nitrogens with one attached hydrogen (secondary N) is 1. The first-order valence-electron chi connectivity index (χ1n) is 9.75. The minimum Gasteiger partial charge on any atom is -0.480 e. The van der Waals surface area contributed by atoms with Crippen LogP contribution >= 0.6 is 23.2 Å². The van der Waals surface area contributed by atoms with Crippen molar-refractivity contribution in [2.75, 3.05) is 0 Å². The molecule has 0 radical (unpaired) electrons. The van der Waals surface area contributed by atoms with Crippen molar-refractivity contribution < 1.29 is 23.1 Å². The quantitative estimate of drug-likeness (QED) is 0.501. The van der Waals surface area contributed by atoms with E-state index in [0.29, 0.717) is 35.6 Å². The molecule has 0 bridgehead atoms. The van der Waals surface area contributed by atoms with Gasteiger partial charge < -0.3 is 9.84 Å². The van der Waals surface area contributed by atoms with Crippen molar-refractivity contribution in [1.29, 1.82) is 0 Å². The molecule has 0 saturated heterocycles. The number of hydrogen-bond donors (Lipinski definition) is 2. The lowest BCUT2D eigenvalue weighted by atomic mass is 9.94. The number of carbonyl (C=O) groups is 1. The van der Waals surface area contributed by atoms with E-state index in [1.807, 2.05) is 0 Å². The minimum atomic E-state index is -3.91. The number of halogens is 2. The van der Waals surface area contributed by atoms with Crippen LogP contribution in [0.5, 0.6) is 11.5 Å². The van der Waals surface area contributed by atoms with Crippen LogP contribution in [0.1, 0.15) is 30.1 Å². The summed E-state index contributed by atoms with van der Waals surface area (Å²) in [5.41, 5.74) is 1.42. The van der Waals surface area contributed by atoms with E-state index in [0.717, 1.165) is 5.69 Å². The number of fused-ring (bicyclic) bond motifs is 1. The van der Waals surface area contributed by atoms with Gasteiger partial charge in [-0.3, -0.25) is 9.48 Å². The Labute approximate surface area is 194 Å². The third-order valence-corrected chi connectivity index (χ3v) is 7.19. The summed E-state index contributed by atoms with van der Waals surface area (Å²) < 4.78 is 35.8. The van der Waals surface area contributed by atoms with Crippen molar-refractivity contribution in [3.63, 3.8) is 0 Å². The van der Waals surface area contributed by atoms with Gasteiger partial charge in [0.15, 0.2) is 0 Å². The van der Waals surface area contributed by atoms with Gasteiger partial charge in [0.25, 0.3) is 0 Å². The fourth-order valence-electron chi connectivity index (χ4n) is 3.64. The van der Waals surface area contributed by atoms with Crippen LogP contribution in [0.4, 0.5) is 0 Å². The van der Waals surface area contributed by atoms with Gasteiger partial charge in [-0.25, -0.2) is 13.1 Å². The van der Waals surface area contributed by atoms with Gasteiger partial charge in [0.2, 0.25) is 10.0 Å². The van der Waals surface area contributed by atoms with Crippen molar-refractivity contribution in [2.45, 2.75) is 36.7 Å². The number of ether oxygens (including phenoxy) is 1. The summed E-state index contributed by atoms with van der Waals surface area (Å²) in [7, 11) is -3.91. The second-order valence-electron chi connectivity index (χ2n) is 7.29. The van der Waals surface area contributed by atoms with Crippen LogP contribution in [0.25, 0.3) is 0 Å². The van der Waals surface area contributed by atoms with Crippen LogP contribution in [0.3, 0.4) is 0 Å². The zero-order valence-electron chi connectivity index (χ0n) is 16.7. The molecule has 8 nitrogen and oxygen atoms in total. The SMILES string of the molecule is O=C(O)Cn1ncc2c1CCC[C@H]2NS(=O)(=O)c1ccc(Oc2ccccc2Cl)c(Cl)c1. The first-order chi connectivity index (χ1) is 15.2. The highest BCUT2D eigenvalue weighted by Crippen LogP contribution is 2.35. The van der Waals surface area contributed by atoms with Gasteiger partial charge in [-0.1, -0.05) is 35.3 Å². The molecular weight excluding hydrogens is 477 g/mol. The smallest absolute Gasteiger partial charge is 0.325 e. The van der Waals surface area contributed by atoms with Gasteiger partial charge in [-0.15, -0.1) is 0 Å². The Hall–Kier alpha value is -2.59. The van der Waals surface area contributed by atoms with Crippen LogP contribution in [0.15, 0.2) is 53.6 Å². The average molecular weight is 496 g/mol. The second kappa shape index (κ2) is 9.11. The Bertz CT molecular complexity index is 1280. The summed E-state index contributed by atoms with van der Waals surface area (Å²) in [4.78, 5) is 11.0. The number of aromatic nitrogens is 2. The molecule has 1 heterocycles. The number of nitrogens with zero attached hydrogens (tertiary/aromatic N) is 2. The van der Waals surface area contributed by atoms with Crippen molar-refractivity contribution in [2.24, 2.45) is 0 Å². The predicted molar refractivity (Wildman–Crippen MR) is 119 cm³/mol. The van der Waals surface area contributed by atoms with Crippen LogP contribution in [0, 0.1) is 0 Å². The molecule has 0 unspecified atom stereocenters. The standard InChI is InChI=1S/C21H19Cl2N3O5S/c22-15-4-1-2-7-19(15)31-20-9-8-13(10-16(20)23)32(29,30)25-17-5-3-6-18-14(17)11-24-26(18)12-21(27)28/h1-2,4,7-11,17,25H,3,5-6,12H2,(H,27,28)/t17-/m1/s1. The van der Waals surface area contributed by atoms with E-state index in [4.69, 9.17) is 33.0 Å². The molecule has 1 aliphatic rings. The van der Waals surface area contributed by atoms with E-state index in [9.17, 15) is 13.2 Å². The van der Waals surface area contributed by atoms with Gasteiger partial charge >= 0.3 is 5.97 Å². The number of benzene rings is 2. The Morgan fingerprint density at radius 3 is 2.66 bits per heavy atom. The summed E-state index contributed by atoms with van der Waals surface area (Å²) in [5, 5.41) is 13.7. The molecule has 3 aromatic rings. The van der Waals surface area contributed by atoms with E-state index >= 15 is 0 Å². The molecule has 0 spiro atoms. The van der Waals surface area contributed by atoms with Gasteiger partial charge in [0, 0.05) is 11.3 Å². The molecule has 2 aromatic carbocycles. The molecule has 2 N–H and O–H groups in total. The number of sulfonamides is 1. The highest BCUT2D eigenvalue weighted by Gasteiger charge is 2.29. The molecule has 4 rings (SSSR count). The Kier molecular flexibility index (Phi) is 6.43. The molecule has 0 saturated carbocycles.